The first-order valence-corrected chi connectivity index (χ1v) is 28.2. The molecule has 1 aliphatic carbocycles. The Bertz CT molecular complexity index is 1530. The third kappa shape index (κ3) is 26.2. The lowest BCUT2D eigenvalue weighted by atomic mass is 9.82. The van der Waals surface area contributed by atoms with Gasteiger partial charge in [-0.2, -0.15) is 0 Å². The van der Waals surface area contributed by atoms with Gasteiger partial charge in [0.05, 0.1) is 37.1 Å². The summed E-state index contributed by atoms with van der Waals surface area (Å²) in [4.78, 5) is 56.7. The van der Waals surface area contributed by atoms with Gasteiger partial charge in [0.15, 0.2) is 6.10 Å². The van der Waals surface area contributed by atoms with Gasteiger partial charge in [0.1, 0.15) is 31.0 Å². The van der Waals surface area contributed by atoms with E-state index in [1.165, 1.54) is 31.8 Å². The Hall–Kier alpha value is -1.64. The van der Waals surface area contributed by atoms with Gasteiger partial charge in [-0.15, -0.1) is 0 Å². The summed E-state index contributed by atoms with van der Waals surface area (Å²) >= 11 is 0. The van der Waals surface area contributed by atoms with Crippen molar-refractivity contribution in [2.75, 3.05) is 13.2 Å². The van der Waals surface area contributed by atoms with E-state index in [0.717, 1.165) is 70.3 Å². The second-order valence-corrected chi connectivity index (χ2v) is 21.1. The van der Waals surface area contributed by atoms with Crippen molar-refractivity contribution in [2.45, 2.75) is 235 Å². The van der Waals surface area contributed by atoms with E-state index in [-0.39, 0.29) is 25.7 Å². The van der Waals surface area contributed by atoms with Gasteiger partial charge in [-0.1, -0.05) is 128 Å². The molecule has 2 fully saturated rings. The molecule has 0 aromatic heterocycles. The van der Waals surface area contributed by atoms with Crippen LogP contribution < -0.4 is 0 Å². The molecule has 0 spiro atoms. The lowest BCUT2D eigenvalue weighted by Crippen LogP contribution is -2.56. The molecule has 13 atom stereocenters. The Labute approximate surface area is 403 Å². The molecular weight excluding hydrogens is 930 g/mol. The van der Waals surface area contributed by atoms with Crippen molar-refractivity contribution in [3.8, 4) is 0 Å². The predicted octanol–water partition coefficient (Wildman–Crippen LogP) is 6.11. The maximum atomic E-state index is 13.7. The van der Waals surface area contributed by atoms with Crippen LogP contribution in [0.15, 0.2) is 24.3 Å². The van der Waals surface area contributed by atoms with Crippen molar-refractivity contribution >= 4 is 27.6 Å². The molecule has 2 bridgehead atoms. The number of fused-ring (bicyclic) bond motifs is 4. The molecule has 19 nitrogen and oxygen atoms in total. The number of phosphoric acid groups is 2. The lowest BCUT2D eigenvalue weighted by Gasteiger charge is -2.39. The van der Waals surface area contributed by atoms with Crippen LogP contribution in [0, 0.1) is 11.8 Å². The number of aliphatic hydroxyl groups is 7. The number of esters is 2. The quantitative estimate of drug-likeness (QED) is 0.0213. The van der Waals surface area contributed by atoms with Gasteiger partial charge < -0.3 is 59.9 Å². The smallest absolute Gasteiger partial charge is 0.462 e. The number of ether oxygens (including phenoxy) is 2. The molecule has 398 valence electrons. The van der Waals surface area contributed by atoms with Crippen LogP contribution in [0.5, 0.6) is 0 Å². The van der Waals surface area contributed by atoms with Crippen molar-refractivity contribution in [3.63, 3.8) is 0 Å². The highest BCUT2D eigenvalue weighted by Crippen LogP contribution is 2.50. The van der Waals surface area contributed by atoms with Gasteiger partial charge in [-0.25, -0.2) is 9.13 Å². The number of allylic oxidation sites excluding steroid dienone is 2. The zero-order valence-electron chi connectivity index (χ0n) is 40.4. The minimum absolute atomic E-state index is 0.0249. The summed E-state index contributed by atoms with van der Waals surface area (Å²) in [6.07, 6.45) is 3.37. The molecule has 1 unspecified atom stereocenters. The molecule has 68 heavy (non-hydrogen) atoms. The maximum absolute atomic E-state index is 13.7. The van der Waals surface area contributed by atoms with Crippen LogP contribution in [0.2, 0.25) is 0 Å². The van der Waals surface area contributed by atoms with Gasteiger partial charge >= 0.3 is 27.6 Å². The minimum Gasteiger partial charge on any atom is -0.462 e. The van der Waals surface area contributed by atoms with Gasteiger partial charge in [0.25, 0.3) is 0 Å². The molecule has 0 amide bonds. The highest BCUT2D eigenvalue weighted by atomic mass is 31.2. The molecule has 0 aromatic rings. The van der Waals surface area contributed by atoms with E-state index in [1.807, 2.05) is 6.92 Å². The first-order valence-electron chi connectivity index (χ1n) is 25.1. The predicted molar refractivity (Wildman–Crippen MR) is 252 cm³/mol. The Morgan fingerprint density at radius 1 is 0.794 bits per heavy atom. The summed E-state index contributed by atoms with van der Waals surface area (Å²) < 4.78 is 52.2. The van der Waals surface area contributed by atoms with Crippen LogP contribution in [-0.2, 0) is 41.8 Å². The molecule has 1 saturated heterocycles. The highest BCUT2D eigenvalue weighted by molar-refractivity contribution is 7.47. The summed E-state index contributed by atoms with van der Waals surface area (Å²) in [6.45, 7) is 2.60. The average molecular weight is 1020 g/mol. The van der Waals surface area contributed by atoms with Crippen LogP contribution in [0.25, 0.3) is 0 Å². The number of hydrogen-bond acceptors (Lipinski definition) is 16. The number of cyclic esters (lactones) is 1. The summed E-state index contributed by atoms with van der Waals surface area (Å²) in [5.74, 6) is -4.35. The third-order valence-electron chi connectivity index (χ3n) is 12.6. The van der Waals surface area contributed by atoms with E-state index in [9.17, 15) is 69.1 Å². The number of hydrogen-bond donors (Lipinski definition) is 10. The number of unbranched alkanes of at least 4 members (excludes halogenated alkanes) is 13. The van der Waals surface area contributed by atoms with E-state index in [2.05, 4.69) is 19.1 Å². The number of carbonyl (C=O) groups is 2. The number of carbonyl (C=O) groups excluding carboxylic acids is 2. The number of phosphoric ester groups is 2. The van der Waals surface area contributed by atoms with Crippen LogP contribution in [-0.4, -0.2) is 137 Å². The molecular formula is C47H86O19P2. The molecule has 0 aromatic carbocycles. The molecule has 10 N–H and O–H groups in total. The molecule has 1 aliphatic heterocycles. The summed E-state index contributed by atoms with van der Waals surface area (Å²) in [5.41, 5.74) is 0. The fourth-order valence-electron chi connectivity index (χ4n) is 8.58. The summed E-state index contributed by atoms with van der Waals surface area (Å²) in [6, 6.07) is 0. The van der Waals surface area contributed by atoms with Crippen molar-refractivity contribution in [1.82, 2.24) is 0 Å². The molecule has 2 aliphatic rings. The fourth-order valence-corrected chi connectivity index (χ4v) is 10.1. The minimum atomic E-state index is -5.75. The van der Waals surface area contributed by atoms with Crippen LogP contribution in [0.4, 0.5) is 0 Å². The molecule has 21 heteroatoms. The second-order valence-electron chi connectivity index (χ2n) is 18.5. The van der Waals surface area contributed by atoms with Crippen molar-refractivity contribution < 1.29 is 92.2 Å². The fraction of sp³-hybridized carbons (Fsp3) is 0.872. The first kappa shape index (κ1) is 62.5. The van der Waals surface area contributed by atoms with Gasteiger partial charge in [0.2, 0.25) is 0 Å². The zero-order valence-corrected chi connectivity index (χ0v) is 42.2. The standard InChI is InChI=1S/C47H86O19P2/c1-3-5-7-8-9-10-11-12-13-14-15-16-17-18-23-27-40(51)62-32-35-33-63-68(60,61)66-47-45(56)44(55)42(53)36(26-22-19-20-24-28-41(52)64-35)38(49)31-39(50)37(30-29-34(48)25-21-6-4-2)43(54)46(47)65-67(57,58)59/h10-11,29-30,34-39,42-50,53-56H,3-9,12-28,31-33H2,1-2H3,(H,60,61)(H2,57,58,59)/b11-10-,30-29?/t34-,35+,36-,37-,38-,39+,42+,43+,44-,45+,46+,47-/m0/s1. The third-order valence-corrected chi connectivity index (χ3v) is 14.1. The Morgan fingerprint density at radius 2 is 1.40 bits per heavy atom. The van der Waals surface area contributed by atoms with Crippen molar-refractivity contribution in [1.29, 1.82) is 0 Å². The largest absolute Gasteiger partial charge is 0.472 e. The van der Waals surface area contributed by atoms with E-state index in [0.29, 0.717) is 38.5 Å². The van der Waals surface area contributed by atoms with Crippen molar-refractivity contribution in [3.05, 3.63) is 24.3 Å². The second kappa shape index (κ2) is 34.7. The SMILES string of the molecule is CCCCCC/C=C\CCCCCCCCCC(=O)OC[C@@H]1COP(=O)(O)O[C@H]2[C@H](O)[C@@H](O)[C@H](O)[C@@H](CCCCCCC(=O)O1)[C@@H](O)C[C@@H](O)[C@H](C=C[C@@H](O)CCCCC)[C@@H](O)[C@H]2OP(=O)(O)O. The molecule has 1 saturated carbocycles. The summed E-state index contributed by atoms with van der Waals surface area (Å²) in [5, 5.41) is 79.8. The topological polar surface area (TPSA) is 317 Å². The summed E-state index contributed by atoms with van der Waals surface area (Å²) in [7, 11) is -11.4. The van der Waals surface area contributed by atoms with Gasteiger partial charge in [-0.05, 0) is 51.4 Å². The average Bonchev–Trinajstić information content (AvgIpc) is 3.28. The van der Waals surface area contributed by atoms with Crippen LogP contribution in [0.1, 0.15) is 174 Å². The van der Waals surface area contributed by atoms with E-state index in [4.69, 9.17) is 23.0 Å². The Morgan fingerprint density at radius 3 is 2.04 bits per heavy atom. The Kier molecular flexibility index (Phi) is 31.9. The van der Waals surface area contributed by atoms with Crippen LogP contribution >= 0.6 is 15.6 Å². The highest BCUT2D eigenvalue weighted by Gasteiger charge is 2.51. The lowest BCUT2D eigenvalue weighted by molar-refractivity contribution is -0.166. The normalized spacial score (nSPS) is 31.6. The molecule has 2 rings (SSSR count). The van der Waals surface area contributed by atoms with Gasteiger partial charge in [0, 0.05) is 31.1 Å². The Balaban J connectivity index is 2.28. The zero-order chi connectivity index (χ0) is 50.5. The van der Waals surface area contributed by atoms with E-state index in [1.54, 1.807) is 0 Å². The molecule has 0 radical (unpaired) electrons. The van der Waals surface area contributed by atoms with E-state index >= 15 is 0 Å². The van der Waals surface area contributed by atoms with E-state index < -0.39 is 120 Å². The monoisotopic (exact) mass is 1020 g/mol. The first-order chi connectivity index (χ1) is 32.3. The molecule has 1 heterocycles. The number of aliphatic hydroxyl groups excluding tert-OH is 7. The van der Waals surface area contributed by atoms with Gasteiger partial charge in [-0.3, -0.25) is 23.2 Å². The maximum Gasteiger partial charge on any atom is 0.472 e. The number of rotatable bonds is 25. The van der Waals surface area contributed by atoms with Crippen molar-refractivity contribution in [2.24, 2.45) is 11.8 Å². The van der Waals surface area contributed by atoms with Crippen LogP contribution in [0.3, 0.4) is 0 Å².